The van der Waals surface area contributed by atoms with Gasteiger partial charge in [-0.3, -0.25) is 0 Å². The van der Waals surface area contributed by atoms with Gasteiger partial charge in [0.25, 0.3) is 0 Å². The number of anilines is 1. The third kappa shape index (κ3) is 15.2. The summed E-state index contributed by atoms with van der Waals surface area (Å²) >= 11 is 7.83. The van der Waals surface area contributed by atoms with Gasteiger partial charge >= 0.3 is 0 Å². The quantitative estimate of drug-likeness (QED) is 0.0643. The molecule has 0 aromatic carbocycles. The molecule has 0 aliphatic carbocycles. The number of nitrogen functional groups attached to an aromatic ring is 1. The Labute approximate surface area is 326 Å². The zero-order valence-electron chi connectivity index (χ0n) is 33.6. The van der Waals surface area contributed by atoms with E-state index in [1.807, 2.05) is 0 Å². The summed E-state index contributed by atoms with van der Waals surface area (Å²) in [7, 11) is 0. The average molecular weight is 819 g/mol. The number of alkyl halides is 1. The highest BCUT2D eigenvalue weighted by atomic mass is 79.9. The molecule has 2 N–H and O–H groups in total. The van der Waals surface area contributed by atoms with Crippen molar-refractivity contribution in [3.8, 4) is 0 Å². The number of rotatable bonds is 29. The van der Waals surface area contributed by atoms with Gasteiger partial charge < -0.3 is 10.1 Å². The van der Waals surface area contributed by atoms with E-state index < -0.39 is 0 Å². The lowest BCUT2D eigenvalue weighted by atomic mass is 9.81. The van der Waals surface area contributed by atoms with Crippen LogP contribution in [0.1, 0.15) is 214 Å². The Balaban J connectivity index is 2.84. The van der Waals surface area contributed by atoms with Crippen LogP contribution >= 0.6 is 31.9 Å². The maximum absolute atomic E-state index is 7.65. The van der Waals surface area contributed by atoms with Gasteiger partial charge in [0.1, 0.15) is 0 Å². The maximum atomic E-state index is 7.65. The zero-order chi connectivity index (χ0) is 36.7. The van der Waals surface area contributed by atoms with E-state index in [-0.39, 0.29) is 0 Å². The van der Waals surface area contributed by atoms with E-state index in [0.717, 1.165) is 22.1 Å². The van der Waals surface area contributed by atoms with E-state index in [1.165, 1.54) is 182 Å². The van der Waals surface area contributed by atoms with Gasteiger partial charge in [-0.2, -0.15) is 0 Å². The standard InChI is InChI=1S/C46H78Br2N2/c1-8-12-16-20-22-26-29-39(28-24-18-14-10-3)43(36(5)32-33-37(6)47)44-38(7)50-41(34-35-42(50)48)45(46(44)49)40(30-25-19-15-11-4)31-27-23-21-17-13-9-2/h32,34-35,37,39-40H,7-31,33,49H2,1-6H3/b36-32+,44-43+. The largest absolute Gasteiger partial charge is 0.398 e. The summed E-state index contributed by atoms with van der Waals surface area (Å²) in [5.41, 5.74) is 14.2. The Kier molecular flexibility index (Phi) is 24.1. The summed E-state index contributed by atoms with van der Waals surface area (Å²) in [6.45, 7) is 18.8. The molecule has 3 unspecified atom stereocenters. The number of nitrogens with zero attached hydrogens (tertiary/aromatic N) is 1. The predicted octanol–water partition coefficient (Wildman–Crippen LogP) is 15.1. The van der Waals surface area contributed by atoms with E-state index in [0.29, 0.717) is 16.7 Å². The van der Waals surface area contributed by atoms with E-state index in [9.17, 15) is 0 Å². The first-order chi connectivity index (χ1) is 24.2. The van der Waals surface area contributed by atoms with E-state index in [2.05, 4.69) is 96.0 Å². The van der Waals surface area contributed by atoms with Gasteiger partial charge in [0.15, 0.2) is 0 Å². The molecule has 0 fully saturated rings. The van der Waals surface area contributed by atoms with Gasteiger partial charge in [-0.25, -0.2) is 0 Å². The minimum Gasteiger partial charge on any atom is -0.398 e. The van der Waals surface area contributed by atoms with E-state index >= 15 is 0 Å². The minimum absolute atomic E-state index is 0.443. The van der Waals surface area contributed by atoms with Crippen molar-refractivity contribution in [2.24, 2.45) is 5.92 Å². The molecule has 286 valence electrons. The first-order valence-electron chi connectivity index (χ1n) is 21.4. The van der Waals surface area contributed by atoms with Gasteiger partial charge in [0.05, 0.1) is 10.1 Å². The Bertz CT molecular complexity index is 1340. The lowest BCUT2D eigenvalue weighted by molar-refractivity contribution is 0.476. The molecule has 0 spiro atoms. The molecule has 2 aromatic rings. The molecule has 2 rings (SSSR count). The first kappa shape index (κ1) is 45.2. The predicted molar refractivity (Wildman–Crippen MR) is 234 cm³/mol. The summed E-state index contributed by atoms with van der Waals surface area (Å²) in [6.07, 6.45) is 34.8. The third-order valence-corrected chi connectivity index (χ3v) is 12.1. The molecule has 2 aromatic heterocycles. The Morgan fingerprint density at radius 2 is 1.16 bits per heavy atom. The van der Waals surface area contributed by atoms with E-state index in [1.54, 1.807) is 0 Å². The summed E-state index contributed by atoms with van der Waals surface area (Å²) in [6, 6.07) is 4.53. The highest BCUT2D eigenvalue weighted by molar-refractivity contribution is 9.10. The number of hydrogen-bond donors (Lipinski definition) is 1. The smallest absolute Gasteiger partial charge is 0.0897 e. The molecule has 0 aliphatic rings. The molecule has 50 heavy (non-hydrogen) atoms. The van der Waals surface area contributed by atoms with Crippen LogP contribution in [-0.2, 0) is 0 Å². The third-order valence-electron chi connectivity index (χ3n) is 11.1. The van der Waals surface area contributed by atoms with Crippen LogP contribution in [0, 0.1) is 5.92 Å². The monoisotopic (exact) mass is 816 g/mol. The van der Waals surface area contributed by atoms with Gasteiger partial charge in [0, 0.05) is 26.6 Å². The maximum Gasteiger partial charge on any atom is 0.0897 e. The Morgan fingerprint density at radius 3 is 1.64 bits per heavy atom. The summed E-state index contributed by atoms with van der Waals surface area (Å²) in [5.74, 6) is 0.959. The lowest BCUT2D eigenvalue weighted by Crippen LogP contribution is -2.38. The zero-order valence-corrected chi connectivity index (χ0v) is 36.8. The van der Waals surface area contributed by atoms with Crippen LogP contribution in [0.5, 0.6) is 0 Å². The molecular formula is C46H78Br2N2. The van der Waals surface area contributed by atoms with Crippen LogP contribution in [0.15, 0.2) is 28.4 Å². The number of aromatic nitrogens is 1. The van der Waals surface area contributed by atoms with Crippen LogP contribution in [-0.4, -0.2) is 9.23 Å². The van der Waals surface area contributed by atoms with Crippen LogP contribution in [0.25, 0.3) is 17.7 Å². The Hall–Kier alpha value is -1.000. The van der Waals surface area contributed by atoms with Crippen molar-refractivity contribution in [2.45, 2.75) is 213 Å². The molecule has 0 saturated carbocycles. The number of fused-ring (bicyclic) bond motifs is 1. The molecule has 2 nitrogen and oxygen atoms in total. The molecule has 0 amide bonds. The minimum atomic E-state index is 0.443. The van der Waals surface area contributed by atoms with Crippen molar-refractivity contribution in [1.29, 1.82) is 0 Å². The van der Waals surface area contributed by atoms with Crippen molar-refractivity contribution in [1.82, 2.24) is 4.40 Å². The number of unbranched alkanes of at least 4 members (excludes halogenated alkanes) is 16. The van der Waals surface area contributed by atoms with Crippen molar-refractivity contribution >= 4 is 55.2 Å². The van der Waals surface area contributed by atoms with Gasteiger partial charge in [-0.1, -0.05) is 197 Å². The number of nitrogens with two attached hydrogens (primary N) is 1. The van der Waals surface area contributed by atoms with Crippen LogP contribution in [0.2, 0.25) is 0 Å². The van der Waals surface area contributed by atoms with E-state index in [4.69, 9.17) is 12.3 Å². The van der Waals surface area contributed by atoms with Gasteiger partial charge in [-0.15, -0.1) is 0 Å². The number of halogens is 2. The SMILES string of the molecule is C=c1/c(=C(/C(C)=C/CC(C)Br)C(CCCCCC)CCCCCCCC)c(N)c(C(CCCCCC)CCCCCCCC)c2ccc(Br)n12. The molecule has 0 saturated heterocycles. The molecule has 2 heterocycles. The van der Waals surface area contributed by atoms with Crippen LogP contribution < -0.4 is 16.3 Å². The van der Waals surface area contributed by atoms with Crippen molar-refractivity contribution in [3.63, 3.8) is 0 Å². The first-order valence-corrected chi connectivity index (χ1v) is 23.1. The fraction of sp³-hybridized carbons (Fsp3) is 0.739. The second-order valence-corrected chi connectivity index (χ2v) is 17.9. The fourth-order valence-electron chi connectivity index (χ4n) is 8.18. The Morgan fingerprint density at radius 1 is 0.720 bits per heavy atom. The number of hydrogen-bond acceptors (Lipinski definition) is 1. The molecule has 4 heteroatoms. The highest BCUT2D eigenvalue weighted by Gasteiger charge is 2.25. The number of pyridine rings is 1. The van der Waals surface area contributed by atoms with Crippen molar-refractivity contribution < 1.29 is 0 Å². The van der Waals surface area contributed by atoms with Gasteiger partial charge in [-0.05, 0) is 84.5 Å². The van der Waals surface area contributed by atoms with Gasteiger partial charge in [0.2, 0.25) is 0 Å². The molecule has 3 atom stereocenters. The van der Waals surface area contributed by atoms with Crippen LogP contribution in [0.3, 0.4) is 0 Å². The second kappa shape index (κ2) is 26.7. The molecule has 0 radical (unpaired) electrons. The lowest BCUT2D eigenvalue weighted by Gasteiger charge is -2.26. The summed E-state index contributed by atoms with van der Waals surface area (Å²) in [5, 5.41) is 2.30. The second-order valence-electron chi connectivity index (χ2n) is 15.5. The summed E-state index contributed by atoms with van der Waals surface area (Å²) < 4.78 is 3.50. The average Bonchev–Trinajstić information content (AvgIpc) is 3.48. The molecular weight excluding hydrogens is 740 g/mol. The van der Waals surface area contributed by atoms with Crippen LogP contribution in [0.4, 0.5) is 5.69 Å². The number of allylic oxidation sites excluding steroid dienone is 2. The summed E-state index contributed by atoms with van der Waals surface area (Å²) in [4.78, 5) is 0.443. The molecule has 0 aliphatic heterocycles. The normalized spacial score (nSPS) is 14.8. The topological polar surface area (TPSA) is 30.4 Å². The highest BCUT2D eigenvalue weighted by Crippen LogP contribution is 2.37. The van der Waals surface area contributed by atoms with Crippen molar-refractivity contribution in [3.05, 3.63) is 44.5 Å². The molecule has 0 bridgehead atoms. The van der Waals surface area contributed by atoms with Crippen molar-refractivity contribution in [2.75, 3.05) is 5.73 Å². The fourth-order valence-corrected chi connectivity index (χ4v) is 8.91.